The minimum Gasteiger partial charge on any atom is -0.349 e. The highest BCUT2D eigenvalue weighted by molar-refractivity contribution is 6.35. The van der Waals surface area contributed by atoms with Crippen molar-refractivity contribution in [1.29, 1.82) is 0 Å². The fourth-order valence-electron chi connectivity index (χ4n) is 7.22. The van der Waals surface area contributed by atoms with Crippen LogP contribution in [-0.2, 0) is 0 Å². The van der Waals surface area contributed by atoms with Crippen LogP contribution in [0.5, 0.6) is 0 Å². The molecule has 4 aliphatic rings. The molecule has 5 nitrogen and oxygen atoms in total. The number of hydrogen-bond acceptors (Lipinski definition) is 3. The van der Waals surface area contributed by atoms with E-state index in [2.05, 4.69) is 10.6 Å². The van der Waals surface area contributed by atoms with Crippen molar-refractivity contribution in [3.63, 3.8) is 0 Å². The Balaban J connectivity index is 1.19. The van der Waals surface area contributed by atoms with Gasteiger partial charge in [-0.3, -0.25) is 9.36 Å². The van der Waals surface area contributed by atoms with Crippen LogP contribution in [0, 0.1) is 30.6 Å². The first-order valence-electron chi connectivity index (χ1n) is 13.2. The number of imidazole rings is 1. The van der Waals surface area contributed by atoms with Gasteiger partial charge < -0.3 is 10.6 Å². The third-order valence-electron chi connectivity index (χ3n) is 8.59. The smallest absolute Gasteiger partial charge is 0.271 e. The molecule has 3 aromatic rings. The van der Waals surface area contributed by atoms with Gasteiger partial charge >= 0.3 is 0 Å². The zero-order valence-electron chi connectivity index (χ0n) is 20.8. The fourth-order valence-corrected chi connectivity index (χ4v) is 7.84. The number of nitrogens with zero attached hydrogens (tertiary/aromatic N) is 2. The van der Waals surface area contributed by atoms with E-state index in [9.17, 15) is 4.79 Å². The van der Waals surface area contributed by atoms with Crippen LogP contribution in [0.3, 0.4) is 0 Å². The van der Waals surface area contributed by atoms with E-state index >= 15 is 0 Å². The second-order valence-corrected chi connectivity index (χ2v) is 12.3. The second-order valence-electron chi connectivity index (χ2n) is 11.0. The van der Waals surface area contributed by atoms with E-state index in [4.69, 9.17) is 39.8 Å². The third-order valence-corrected chi connectivity index (χ3v) is 9.38. The molecule has 7 rings (SSSR count). The van der Waals surface area contributed by atoms with Crippen molar-refractivity contribution in [2.75, 3.05) is 13.1 Å². The summed E-state index contributed by atoms with van der Waals surface area (Å²) in [4.78, 5) is 18.1. The summed E-state index contributed by atoms with van der Waals surface area (Å²) in [7, 11) is 0. The molecule has 2 N–H and O–H groups in total. The number of carbonyl (C=O) groups excluding carboxylic acids is 1. The molecule has 4 aliphatic carbocycles. The molecule has 0 saturated heterocycles. The van der Waals surface area contributed by atoms with E-state index in [0.29, 0.717) is 50.6 Å². The molecule has 0 spiro atoms. The Hall–Kier alpha value is -2.05. The molecule has 37 heavy (non-hydrogen) atoms. The molecule has 8 heteroatoms. The van der Waals surface area contributed by atoms with Gasteiger partial charge in [-0.15, -0.1) is 0 Å². The topological polar surface area (TPSA) is 59.0 Å². The Kier molecular flexibility index (Phi) is 7.00. The average molecular weight is 558 g/mol. The number of benzene rings is 2. The van der Waals surface area contributed by atoms with Crippen molar-refractivity contribution in [2.24, 2.45) is 23.7 Å². The fraction of sp³-hybridized carbons (Fsp3) is 0.448. The number of amides is 1. The molecule has 4 bridgehead atoms. The van der Waals surface area contributed by atoms with Gasteiger partial charge in [-0.05, 0) is 105 Å². The average Bonchev–Trinajstić information content (AvgIpc) is 3.20. The van der Waals surface area contributed by atoms with Gasteiger partial charge in [-0.2, -0.15) is 0 Å². The summed E-state index contributed by atoms with van der Waals surface area (Å²) in [5, 5.41) is 8.54. The first-order valence-corrected chi connectivity index (χ1v) is 14.3. The zero-order valence-corrected chi connectivity index (χ0v) is 23.1. The SMILES string of the molecule is Cc1c(C(=O)NCCNC2C3CC4CC(C3)CC2C4)nc(-c2ccc(Cl)cc2)n1-c1ccc(Cl)cc1Cl. The van der Waals surface area contributed by atoms with Gasteiger partial charge in [0.2, 0.25) is 0 Å². The van der Waals surface area contributed by atoms with Crippen molar-refractivity contribution >= 4 is 40.7 Å². The molecule has 2 aromatic carbocycles. The molecule has 0 aliphatic heterocycles. The number of aromatic nitrogens is 2. The maximum absolute atomic E-state index is 13.3. The first kappa shape index (κ1) is 25.2. The van der Waals surface area contributed by atoms with Crippen LogP contribution in [0.15, 0.2) is 42.5 Å². The van der Waals surface area contributed by atoms with E-state index < -0.39 is 0 Å². The lowest BCUT2D eigenvalue weighted by molar-refractivity contribution is -0.0133. The highest BCUT2D eigenvalue weighted by atomic mass is 35.5. The lowest BCUT2D eigenvalue weighted by Crippen LogP contribution is -2.55. The monoisotopic (exact) mass is 556 g/mol. The third kappa shape index (κ3) is 4.92. The minimum absolute atomic E-state index is 0.191. The summed E-state index contributed by atoms with van der Waals surface area (Å²) in [5.41, 5.74) is 2.64. The normalized spacial score (nSPS) is 26.0. The van der Waals surface area contributed by atoms with Crippen molar-refractivity contribution in [1.82, 2.24) is 20.2 Å². The highest BCUT2D eigenvalue weighted by Gasteiger charge is 2.47. The van der Waals surface area contributed by atoms with Crippen LogP contribution >= 0.6 is 34.8 Å². The largest absolute Gasteiger partial charge is 0.349 e. The highest BCUT2D eigenvalue weighted by Crippen LogP contribution is 2.53. The summed E-state index contributed by atoms with van der Waals surface area (Å²) >= 11 is 18.8. The standard InChI is InChI=1S/C29H31Cl3N4O/c1-16-26(29(37)34-9-8-33-27-20-11-17-10-18(13-20)14-21(27)12-17)35-28(19-2-4-22(30)5-3-19)36(16)25-7-6-23(31)15-24(25)32/h2-7,15,17-18,20-21,27,33H,8-14H2,1H3,(H,34,37). The molecular formula is C29H31Cl3N4O. The summed E-state index contributed by atoms with van der Waals surface area (Å²) < 4.78 is 1.91. The Morgan fingerprint density at radius 2 is 1.57 bits per heavy atom. The Morgan fingerprint density at radius 1 is 0.919 bits per heavy atom. The van der Waals surface area contributed by atoms with Crippen molar-refractivity contribution < 1.29 is 4.79 Å². The lowest BCUT2D eigenvalue weighted by atomic mass is 9.54. The van der Waals surface area contributed by atoms with Gasteiger partial charge in [0.05, 0.1) is 16.4 Å². The Labute approximate surface area is 232 Å². The summed E-state index contributed by atoms with van der Waals surface area (Å²) in [6, 6.07) is 13.3. The summed E-state index contributed by atoms with van der Waals surface area (Å²) in [5.74, 6) is 3.98. The van der Waals surface area contributed by atoms with Crippen LogP contribution in [0.2, 0.25) is 15.1 Å². The predicted molar refractivity (Wildman–Crippen MR) is 150 cm³/mol. The van der Waals surface area contributed by atoms with E-state index in [1.165, 1.54) is 32.1 Å². The van der Waals surface area contributed by atoms with Crippen LogP contribution in [0.1, 0.15) is 48.3 Å². The molecule has 4 fully saturated rings. The van der Waals surface area contributed by atoms with E-state index in [1.54, 1.807) is 12.1 Å². The number of hydrogen-bond donors (Lipinski definition) is 2. The molecule has 1 heterocycles. The van der Waals surface area contributed by atoms with Gasteiger partial charge in [0.1, 0.15) is 11.5 Å². The molecule has 1 aromatic heterocycles. The van der Waals surface area contributed by atoms with E-state index in [1.807, 2.05) is 41.8 Å². The van der Waals surface area contributed by atoms with Crippen molar-refractivity contribution in [2.45, 2.75) is 45.1 Å². The molecule has 0 unspecified atom stereocenters. The Bertz CT molecular complexity index is 1290. The molecule has 0 atom stereocenters. The minimum atomic E-state index is -0.191. The van der Waals surface area contributed by atoms with Gasteiger partial charge in [-0.25, -0.2) is 4.98 Å². The molecular weight excluding hydrogens is 527 g/mol. The van der Waals surface area contributed by atoms with Crippen molar-refractivity contribution in [3.05, 3.63) is 68.9 Å². The summed E-state index contributed by atoms with van der Waals surface area (Å²) in [6.45, 7) is 3.22. The maximum atomic E-state index is 13.3. The van der Waals surface area contributed by atoms with Gasteiger partial charge in [-0.1, -0.05) is 34.8 Å². The predicted octanol–water partition coefficient (Wildman–Crippen LogP) is 6.95. The Morgan fingerprint density at radius 3 is 2.22 bits per heavy atom. The van der Waals surface area contributed by atoms with Gasteiger partial charge in [0.15, 0.2) is 0 Å². The number of rotatable bonds is 7. The molecule has 1 amide bonds. The number of halogens is 3. The van der Waals surface area contributed by atoms with Crippen LogP contribution in [0.25, 0.3) is 17.1 Å². The first-order chi connectivity index (χ1) is 17.9. The summed E-state index contributed by atoms with van der Waals surface area (Å²) in [6.07, 6.45) is 6.99. The van der Waals surface area contributed by atoms with Gasteiger partial charge in [0.25, 0.3) is 5.91 Å². The second kappa shape index (κ2) is 10.3. The lowest BCUT2D eigenvalue weighted by Gasteiger charge is -2.54. The maximum Gasteiger partial charge on any atom is 0.271 e. The van der Waals surface area contributed by atoms with Gasteiger partial charge in [0, 0.05) is 34.7 Å². The molecule has 0 radical (unpaired) electrons. The van der Waals surface area contributed by atoms with Crippen LogP contribution < -0.4 is 10.6 Å². The number of carbonyl (C=O) groups is 1. The van der Waals surface area contributed by atoms with Crippen LogP contribution in [0.4, 0.5) is 0 Å². The zero-order chi connectivity index (χ0) is 25.7. The molecule has 4 saturated carbocycles. The van der Waals surface area contributed by atoms with E-state index in [-0.39, 0.29) is 5.91 Å². The number of nitrogens with one attached hydrogen (secondary N) is 2. The van der Waals surface area contributed by atoms with E-state index in [0.717, 1.165) is 35.8 Å². The quantitative estimate of drug-likeness (QED) is 0.309. The van der Waals surface area contributed by atoms with Crippen LogP contribution in [-0.4, -0.2) is 34.6 Å². The van der Waals surface area contributed by atoms with Crippen molar-refractivity contribution in [3.8, 4) is 17.1 Å². The molecule has 194 valence electrons.